The standard InChI is InChI=1S/C18H16N4O3S/c1-11-8-17-19-20-18(23)22(17)16-10-13(6-7-15(11)16)12-4-3-5-14(9-12)21-26(2,24)25/h3-10,21H,1-2H3,(H,20,23). The van der Waals surface area contributed by atoms with E-state index in [0.717, 1.165) is 33.8 Å². The number of sulfonamides is 1. The van der Waals surface area contributed by atoms with Crippen LogP contribution in [-0.2, 0) is 10.0 Å². The van der Waals surface area contributed by atoms with Crippen molar-refractivity contribution in [1.82, 2.24) is 14.6 Å². The topological polar surface area (TPSA) is 96.3 Å². The zero-order valence-corrected chi connectivity index (χ0v) is 15.0. The first-order chi connectivity index (χ1) is 12.3. The molecular formula is C18H16N4O3S. The number of fused-ring (bicyclic) bond motifs is 3. The van der Waals surface area contributed by atoms with Gasteiger partial charge in [0.05, 0.1) is 11.8 Å². The van der Waals surface area contributed by atoms with Crippen molar-refractivity contribution in [3.63, 3.8) is 0 Å². The summed E-state index contributed by atoms with van der Waals surface area (Å²) in [6.07, 6.45) is 1.11. The second kappa shape index (κ2) is 5.70. The minimum absolute atomic E-state index is 0.297. The normalized spacial score (nSPS) is 11.9. The molecule has 0 spiro atoms. The van der Waals surface area contributed by atoms with E-state index >= 15 is 0 Å². The SMILES string of the molecule is Cc1cc2n[nH]c(=O)n2c2cc(-c3cccc(NS(C)(=O)=O)c3)ccc12. The molecule has 0 amide bonds. The van der Waals surface area contributed by atoms with Crippen LogP contribution in [0.5, 0.6) is 0 Å². The highest BCUT2D eigenvalue weighted by Crippen LogP contribution is 2.28. The van der Waals surface area contributed by atoms with Gasteiger partial charge in [0.1, 0.15) is 0 Å². The lowest BCUT2D eigenvalue weighted by Crippen LogP contribution is -2.10. The summed E-state index contributed by atoms with van der Waals surface area (Å²) in [4.78, 5) is 12.1. The lowest BCUT2D eigenvalue weighted by molar-refractivity contribution is 0.607. The van der Waals surface area contributed by atoms with Crippen molar-refractivity contribution in [2.45, 2.75) is 6.92 Å². The fraction of sp³-hybridized carbons (Fsp3) is 0.111. The Kier molecular flexibility index (Phi) is 3.58. The molecule has 0 saturated carbocycles. The van der Waals surface area contributed by atoms with Gasteiger partial charge in [0.25, 0.3) is 0 Å². The number of hydrogen-bond acceptors (Lipinski definition) is 4. The number of hydrogen-bond donors (Lipinski definition) is 2. The lowest BCUT2D eigenvalue weighted by atomic mass is 10.0. The van der Waals surface area contributed by atoms with Gasteiger partial charge in [0, 0.05) is 11.1 Å². The first kappa shape index (κ1) is 16.3. The number of pyridine rings is 1. The molecule has 0 atom stereocenters. The number of aromatic nitrogens is 3. The molecule has 2 aromatic heterocycles. The molecule has 2 aromatic carbocycles. The Morgan fingerprint density at radius 1 is 1.08 bits per heavy atom. The summed E-state index contributed by atoms with van der Waals surface area (Å²) in [5, 5.41) is 7.46. The van der Waals surface area contributed by atoms with E-state index in [-0.39, 0.29) is 5.69 Å². The minimum atomic E-state index is -3.35. The predicted molar refractivity (Wildman–Crippen MR) is 102 cm³/mol. The van der Waals surface area contributed by atoms with Crippen molar-refractivity contribution in [2.75, 3.05) is 11.0 Å². The number of aryl methyl sites for hydroxylation is 1. The average molecular weight is 368 g/mol. The highest BCUT2D eigenvalue weighted by atomic mass is 32.2. The Hall–Kier alpha value is -3.13. The van der Waals surface area contributed by atoms with Gasteiger partial charge in [-0.2, -0.15) is 5.10 Å². The van der Waals surface area contributed by atoms with Gasteiger partial charge in [0.15, 0.2) is 5.65 Å². The van der Waals surface area contributed by atoms with E-state index in [0.29, 0.717) is 11.3 Å². The fourth-order valence-corrected chi connectivity index (χ4v) is 3.67. The molecule has 0 bridgehead atoms. The summed E-state index contributed by atoms with van der Waals surface area (Å²) < 4.78 is 26.9. The lowest BCUT2D eigenvalue weighted by Gasteiger charge is -2.10. The summed E-state index contributed by atoms with van der Waals surface area (Å²) in [6.45, 7) is 1.97. The largest absolute Gasteiger partial charge is 0.348 e. The maximum absolute atomic E-state index is 12.1. The molecule has 0 unspecified atom stereocenters. The van der Waals surface area contributed by atoms with Gasteiger partial charge in [-0.05, 0) is 47.9 Å². The number of anilines is 1. The van der Waals surface area contributed by atoms with Crippen molar-refractivity contribution in [3.8, 4) is 11.1 Å². The fourth-order valence-electron chi connectivity index (χ4n) is 3.12. The predicted octanol–water partition coefficient (Wildman–Crippen LogP) is 2.52. The highest BCUT2D eigenvalue weighted by molar-refractivity contribution is 7.92. The van der Waals surface area contributed by atoms with Gasteiger partial charge in [-0.3, -0.25) is 4.72 Å². The van der Waals surface area contributed by atoms with E-state index in [2.05, 4.69) is 14.9 Å². The van der Waals surface area contributed by atoms with Crippen LogP contribution in [0.25, 0.3) is 27.7 Å². The molecule has 2 N–H and O–H groups in total. The molecule has 4 rings (SSSR count). The third-order valence-corrected chi connectivity index (χ3v) is 4.81. The summed E-state index contributed by atoms with van der Waals surface area (Å²) in [6, 6.07) is 14.8. The number of nitrogens with one attached hydrogen (secondary N) is 2. The second-order valence-corrected chi connectivity index (χ2v) is 7.99. The summed E-state index contributed by atoms with van der Waals surface area (Å²) >= 11 is 0. The Labute approximate surface area is 149 Å². The van der Waals surface area contributed by atoms with Gasteiger partial charge >= 0.3 is 5.69 Å². The van der Waals surface area contributed by atoms with Gasteiger partial charge in [-0.15, -0.1) is 0 Å². The third kappa shape index (κ3) is 2.84. The number of nitrogens with zero attached hydrogens (tertiary/aromatic N) is 2. The van der Waals surface area contributed by atoms with E-state index in [1.165, 1.54) is 4.40 Å². The Morgan fingerprint density at radius 3 is 2.62 bits per heavy atom. The van der Waals surface area contributed by atoms with Gasteiger partial charge < -0.3 is 0 Å². The highest BCUT2D eigenvalue weighted by Gasteiger charge is 2.10. The zero-order chi connectivity index (χ0) is 18.5. The second-order valence-electron chi connectivity index (χ2n) is 6.24. The summed E-state index contributed by atoms with van der Waals surface area (Å²) in [5.74, 6) is 0. The first-order valence-corrected chi connectivity index (χ1v) is 9.80. The van der Waals surface area contributed by atoms with Crippen LogP contribution in [-0.4, -0.2) is 29.3 Å². The molecule has 8 heteroatoms. The summed E-state index contributed by atoms with van der Waals surface area (Å²) in [7, 11) is -3.35. The van der Waals surface area contributed by atoms with Crippen LogP contribution in [0.3, 0.4) is 0 Å². The number of benzene rings is 2. The maximum atomic E-state index is 12.1. The van der Waals surface area contributed by atoms with Gasteiger partial charge in [0.2, 0.25) is 10.0 Å². The monoisotopic (exact) mass is 368 g/mol. The van der Waals surface area contributed by atoms with Crippen molar-refractivity contribution < 1.29 is 8.42 Å². The Balaban J connectivity index is 1.93. The van der Waals surface area contributed by atoms with Crippen LogP contribution in [0.1, 0.15) is 5.56 Å². The number of rotatable bonds is 3. The van der Waals surface area contributed by atoms with Crippen LogP contribution in [0.15, 0.2) is 53.3 Å². The molecule has 26 heavy (non-hydrogen) atoms. The van der Waals surface area contributed by atoms with E-state index in [9.17, 15) is 13.2 Å². The van der Waals surface area contributed by atoms with E-state index in [1.807, 2.05) is 37.3 Å². The van der Waals surface area contributed by atoms with Crippen LogP contribution in [0.2, 0.25) is 0 Å². The molecule has 0 saturated heterocycles. The minimum Gasteiger partial charge on any atom is -0.284 e. The van der Waals surface area contributed by atoms with Crippen molar-refractivity contribution in [2.24, 2.45) is 0 Å². The zero-order valence-electron chi connectivity index (χ0n) is 14.1. The van der Waals surface area contributed by atoms with Crippen LogP contribution < -0.4 is 10.4 Å². The van der Waals surface area contributed by atoms with Gasteiger partial charge in [-0.25, -0.2) is 22.7 Å². The summed E-state index contributed by atoms with van der Waals surface area (Å²) in [5.41, 5.74) is 4.23. The Morgan fingerprint density at radius 2 is 1.85 bits per heavy atom. The van der Waals surface area contributed by atoms with Crippen molar-refractivity contribution >= 4 is 32.3 Å². The maximum Gasteiger partial charge on any atom is 0.348 e. The average Bonchev–Trinajstić information content (AvgIpc) is 2.94. The van der Waals surface area contributed by atoms with Crippen molar-refractivity contribution in [3.05, 3.63) is 64.6 Å². The Bertz CT molecular complexity index is 1320. The van der Waals surface area contributed by atoms with Crippen LogP contribution in [0.4, 0.5) is 5.69 Å². The molecule has 0 radical (unpaired) electrons. The number of aromatic amines is 1. The molecule has 7 nitrogen and oxygen atoms in total. The molecule has 0 aliphatic rings. The molecule has 2 heterocycles. The molecule has 4 aromatic rings. The van der Waals surface area contributed by atoms with E-state index in [4.69, 9.17) is 0 Å². The van der Waals surface area contributed by atoms with Gasteiger partial charge in [-0.1, -0.05) is 24.3 Å². The van der Waals surface area contributed by atoms with Crippen molar-refractivity contribution in [1.29, 1.82) is 0 Å². The quantitative estimate of drug-likeness (QED) is 0.581. The van der Waals surface area contributed by atoms with Crippen LogP contribution >= 0.6 is 0 Å². The smallest absolute Gasteiger partial charge is 0.284 e. The van der Waals surface area contributed by atoms with E-state index in [1.54, 1.807) is 18.2 Å². The molecular weight excluding hydrogens is 352 g/mol. The third-order valence-electron chi connectivity index (χ3n) is 4.21. The molecule has 0 fully saturated rings. The number of H-pyrrole nitrogens is 1. The van der Waals surface area contributed by atoms with Crippen LogP contribution in [0, 0.1) is 6.92 Å². The molecule has 0 aliphatic carbocycles. The van der Waals surface area contributed by atoms with E-state index < -0.39 is 10.0 Å². The first-order valence-electron chi connectivity index (χ1n) is 7.90. The molecule has 0 aliphatic heterocycles. The molecule has 132 valence electrons.